The first-order valence-corrected chi connectivity index (χ1v) is 6.51. The van der Waals surface area contributed by atoms with Crippen LogP contribution in [0.5, 0.6) is 0 Å². The Bertz CT molecular complexity index is 568. The normalized spacial score (nSPS) is 9.71. The summed E-state index contributed by atoms with van der Waals surface area (Å²) in [6, 6.07) is 15.4. The van der Waals surface area contributed by atoms with E-state index in [0.717, 1.165) is 20.3 Å². The zero-order chi connectivity index (χ0) is 12.3. The highest BCUT2D eigenvalue weighted by molar-refractivity contribution is 9.11. The van der Waals surface area contributed by atoms with Gasteiger partial charge < -0.3 is 5.32 Å². The predicted molar refractivity (Wildman–Crippen MR) is 76.3 cm³/mol. The van der Waals surface area contributed by atoms with Gasteiger partial charge in [-0.2, -0.15) is 5.26 Å². The van der Waals surface area contributed by atoms with Crippen LogP contribution in [0.4, 0.5) is 11.4 Å². The molecule has 0 fully saturated rings. The molecule has 17 heavy (non-hydrogen) atoms. The zero-order valence-corrected chi connectivity index (χ0v) is 11.9. The Morgan fingerprint density at radius 2 is 1.59 bits per heavy atom. The molecule has 84 valence electrons. The lowest BCUT2D eigenvalue weighted by molar-refractivity contribution is 1.45. The number of nitrogens with one attached hydrogen (secondary N) is 1. The number of halogens is 2. The Morgan fingerprint density at radius 1 is 0.941 bits per heavy atom. The fraction of sp³-hybridized carbons (Fsp3) is 0. The lowest BCUT2D eigenvalue weighted by Gasteiger charge is -2.11. The van der Waals surface area contributed by atoms with Gasteiger partial charge in [0.25, 0.3) is 0 Å². The number of hydrogen-bond donors (Lipinski definition) is 1. The second kappa shape index (κ2) is 5.35. The fourth-order valence-electron chi connectivity index (χ4n) is 1.44. The summed E-state index contributed by atoms with van der Waals surface area (Å²) in [7, 11) is 0. The summed E-state index contributed by atoms with van der Waals surface area (Å²) in [5.41, 5.74) is 2.33. The van der Waals surface area contributed by atoms with Crippen LogP contribution in [0.25, 0.3) is 0 Å². The first-order valence-electron chi connectivity index (χ1n) is 4.92. The first-order chi connectivity index (χ1) is 8.22. The molecule has 0 unspecified atom stereocenters. The van der Waals surface area contributed by atoms with Crippen LogP contribution in [0.2, 0.25) is 0 Å². The maximum absolute atomic E-state index is 9.02. The fourth-order valence-corrected chi connectivity index (χ4v) is 2.64. The van der Waals surface area contributed by atoms with Crippen molar-refractivity contribution in [1.29, 1.82) is 5.26 Å². The second-order valence-electron chi connectivity index (χ2n) is 3.38. The van der Waals surface area contributed by atoms with Crippen LogP contribution in [0, 0.1) is 11.3 Å². The molecule has 2 aromatic rings. The molecule has 0 saturated heterocycles. The highest BCUT2D eigenvalue weighted by atomic mass is 79.9. The van der Waals surface area contributed by atoms with Crippen LogP contribution in [0.1, 0.15) is 5.56 Å². The minimum atomic E-state index is 0.621. The third-order valence-corrected chi connectivity index (χ3v) is 3.59. The number of hydrogen-bond acceptors (Lipinski definition) is 2. The maximum Gasteiger partial charge on any atom is 0.101 e. The van der Waals surface area contributed by atoms with Gasteiger partial charge in [0.1, 0.15) is 6.07 Å². The molecule has 0 aliphatic carbocycles. The lowest BCUT2D eigenvalue weighted by atomic mass is 10.2. The van der Waals surface area contributed by atoms with Crippen molar-refractivity contribution in [3.63, 3.8) is 0 Å². The van der Waals surface area contributed by atoms with Gasteiger partial charge in [-0.25, -0.2) is 0 Å². The third-order valence-electron chi connectivity index (χ3n) is 2.27. The van der Waals surface area contributed by atoms with Crippen LogP contribution in [-0.2, 0) is 0 Å². The van der Waals surface area contributed by atoms with Crippen LogP contribution in [0.3, 0.4) is 0 Å². The standard InChI is InChI=1S/C13H8Br2N2/c14-10-5-3-6-11(15)13(10)17-12-7-2-1-4-9(12)8-16/h1-7,17H. The highest BCUT2D eigenvalue weighted by Gasteiger charge is 2.07. The Hall–Kier alpha value is -1.31. The van der Waals surface area contributed by atoms with E-state index in [1.54, 1.807) is 6.07 Å². The number of para-hydroxylation sites is 2. The van der Waals surface area contributed by atoms with Crippen molar-refractivity contribution in [2.45, 2.75) is 0 Å². The van der Waals surface area contributed by atoms with Crippen molar-refractivity contribution >= 4 is 43.2 Å². The van der Waals surface area contributed by atoms with E-state index in [9.17, 15) is 0 Å². The Balaban J connectivity index is 2.42. The van der Waals surface area contributed by atoms with Crippen molar-refractivity contribution in [2.24, 2.45) is 0 Å². The van der Waals surface area contributed by atoms with Crippen molar-refractivity contribution < 1.29 is 0 Å². The topological polar surface area (TPSA) is 35.8 Å². The van der Waals surface area contributed by atoms with Crippen molar-refractivity contribution in [2.75, 3.05) is 5.32 Å². The number of anilines is 2. The monoisotopic (exact) mass is 350 g/mol. The van der Waals surface area contributed by atoms with Gasteiger partial charge in [-0.05, 0) is 56.1 Å². The van der Waals surface area contributed by atoms with Gasteiger partial charge in [0.05, 0.1) is 16.9 Å². The summed E-state index contributed by atoms with van der Waals surface area (Å²) in [5, 5.41) is 12.3. The molecule has 4 heteroatoms. The lowest BCUT2D eigenvalue weighted by Crippen LogP contribution is -1.95. The van der Waals surface area contributed by atoms with E-state index in [1.165, 1.54) is 0 Å². The summed E-state index contributed by atoms with van der Waals surface area (Å²) >= 11 is 6.95. The van der Waals surface area contributed by atoms with Gasteiger partial charge in [0.15, 0.2) is 0 Å². The molecule has 2 nitrogen and oxygen atoms in total. The smallest absolute Gasteiger partial charge is 0.101 e. The Morgan fingerprint density at radius 3 is 2.24 bits per heavy atom. The molecule has 0 amide bonds. The molecule has 0 bridgehead atoms. The van der Waals surface area contributed by atoms with Gasteiger partial charge in [-0.15, -0.1) is 0 Å². The van der Waals surface area contributed by atoms with E-state index in [-0.39, 0.29) is 0 Å². The quantitative estimate of drug-likeness (QED) is 0.841. The SMILES string of the molecule is N#Cc1ccccc1Nc1c(Br)cccc1Br. The Labute approximate surface area is 117 Å². The predicted octanol–water partition coefficient (Wildman–Crippen LogP) is 4.83. The maximum atomic E-state index is 9.02. The molecular weight excluding hydrogens is 344 g/mol. The average molecular weight is 352 g/mol. The largest absolute Gasteiger partial charge is 0.353 e. The summed E-state index contributed by atoms with van der Waals surface area (Å²) in [5.74, 6) is 0. The van der Waals surface area contributed by atoms with Gasteiger partial charge in [-0.1, -0.05) is 18.2 Å². The number of rotatable bonds is 2. The number of benzene rings is 2. The van der Waals surface area contributed by atoms with Crippen LogP contribution in [-0.4, -0.2) is 0 Å². The average Bonchev–Trinajstić information content (AvgIpc) is 2.34. The van der Waals surface area contributed by atoms with Gasteiger partial charge in [0, 0.05) is 8.95 Å². The number of nitrogens with zero attached hydrogens (tertiary/aromatic N) is 1. The van der Waals surface area contributed by atoms with E-state index in [0.29, 0.717) is 5.56 Å². The molecule has 0 atom stereocenters. The molecule has 0 aromatic heterocycles. The molecule has 0 heterocycles. The van der Waals surface area contributed by atoms with E-state index < -0.39 is 0 Å². The Kier molecular flexibility index (Phi) is 3.82. The van der Waals surface area contributed by atoms with Gasteiger partial charge >= 0.3 is 0 Å². The molecular formula is C13H8Br2N2. The van der Waals surface area contributed by atoms with E-state index in [1.807, 2.05) is 36.4 Å². The summed E-state index contributed by atoms with van der Waals surface area (Å²) in [6.45, 7) is 0. The third kappa shape index (κ3) is 2.68. The first kappa shape index (κ1) is 12.2. The minimum absolute atomic E-state index is 0.621. The van der Waals surface area contributed by atoms with Crippen LogP contribution < -0.4 is 5.32 Å². The van der Waals surface area contributed by atoms with Gasteiger partial charge in [-0.3, -0.25) is 0 Å². The van der Waals surface area contributed by atoms with E-state index in [4.69, 9.17) is 5.26 Å². The molecule has 0 saturated carbocycles. The summed E-state index contributed by atoms with van der Waals surface area (Å²) < 4.78 is 1.89. The molecule has 1 N–H and O–H groups in total. The molecule has 0 aliphatic heterocycles. The van der Waals surface area contributed by atoms with Crippen LogP contribution >= 0.6 is 31.9 Å². The highest BCUT2D eigenvalue weighted by Crippen LogP contribution is 2.33. The summed E-state index contributed by atoms with van der Waals surface area (Å²) in [6.07, 6.45) is 0. The van der Waals surface area contributed by atoms with Crippen LogP contribution in [0.15, 0.2) is 51.4 Å². The van der Waals surface area contributed by atoms with Crippen molar-refractivity contribution in [3.8, 4) is 6.07 Å². The molecule has 0 radical (unpaired) electrons. The zero-order valence-electron chi connectivity index (χ0n) is 8.74. The van der Waals surface area contributed by atoms with Crippen molar-refractivity contribution in [3.05, 3.63) is 57.0 Å². The van der Waals surface area contributed by atoms with E-state index in [2.05, 4.69) is 43.2 Å². The molecule has 2 rings (SSSR count). The van der Waals surface area contributed by atoms with Crippen molar-refractivity contribution in [1.82, 2.24) is 0 Å². The molecule has 0 aliphatic rings. The minimum Gasteiger partial charge on any atom is -0.353 e. The van der Waals surface area contributed by atoms with E-state index >= 15 is 0 Å². The number of nitriles is 1. The summed E-state index contributed by atoms with van der Waals surface area (Å²) in [4.78, 5) is 0. The molecule has 2 aromatic carbocycles. The molecule has 0 spiro atoms. The second-order valence-corrected chi connectivity index (χ2v) is 5.09. The van der Waals surface area contributed by atoms with Gasteiger partial charge in [0.2, 0.25) is 0 Å².